The Morgan fingerprint density at radius 1 is 1.06 bits per heavy atom. The van der Waals surface area contributed by atoms with E-state index in [-0.39, 0.29) is 17.9 Å². The Labute approximate surface area is 189 Å². The zero-order valence-corrected chi connectivity index (χ0v) is 18.7. The third-order valence-electron chi connectivity index (χ3n) is 6.26. The minimum atomic E-state index is -1.50. The highest BCUT2D eigenvalue weighted by molar-refractivity contribution is 7.85. The minimum absolute atomic E-state index is 0.0337. The third-order valence-corrected chi connectivity index (χ3v) is 7.77. The first-order valence-electron chi connectivity index (χ1n) is 10.9. The van der Waals surface area contributed by atoms with Crippen molar-refractivity contribution in [3.63, 3.8) is 0 Å². The van der Waals surface area contributed by atoms with E-state index in [1.807, 2.05) is 19.1 Å². The van der Waals surface area contributed by atoms with Crippen molar-refractivity contribution in [1.29, 1.82) is 0 Å². The first-order chi connectivity index (χ1) is 15.6. The third kappa shape index (κ3) is 3.45. The van der Waals surface area contributed by atoms with Crippen LogP contribution in [0.1, 0.15) is 57.7 Å². The normalized spacial score (nSPS) is 19.4. The first-order valence-corrected chi connectivity index (χ1v) is 12.1. The smallest absolute Gasteiger partial charge is 0.259 e. The molecule has 0 bridgehead atoms. The molecule has 1 heterocycles. The summed E-state index contributed by atoms with van der Waals surface area (Å²) in [6, 6.07) is 20.3. The lowest BCUT2D eigenvalue weighted by Crippen LogP contribution is -2.32. The Morgan fingerprint density at radius 2 is 1.84 bits per heavy atom. The molecule has 5 nitrogen and oxygen atoms in total. The molecular weight excluding hydrogens is 420 g/mol. The summed E-state index contributed by atoms with van der Waals surface area (Å²) in [5.41, 5.74) is 3.88. The van der Waals surface area contributed by atoms with Crippen molar-refractivity contribution in [2.45, 2.75) is 42.0 Å². The van der Waals surface area contributed by atoms with Gasteiger partial charge in [0.2, 0.25) is 0 Å². The molecule has 3 aromatic rings. The number of benzene rings is 3. The van der Waals surface area contributed by atoms with Crippen LogP contribution in [0.2, 0.25) is 0 Å². The van der Waals surface area contributed by atoms with Gasteiger partial charge in [-0.3, -0.25) is 9.59 Å². The number of hydrogen-bond acceptors (Lipinski definition) is 3. The number of carbonyl (C=O) groups excluding carboxylic acids is 2. The number of nitrogens with zero attached hydrogens (tertiary/aromatic N) is 1. The molecule has 2 amide bonds. The Bertz CT molecular complexity index is 1250. The molecule has 0 saturated carbocycles. The Hall–Kier alpha value is -3.25. The average Bonchev–Trinajstić information content (AvgIpc) is 2.92. The number of aryl methyl sites for hydroxylation is 1. The van der Waals surface area contributed by atoms with Gasteiger partial charge < -0.3 is 10.2 Å². The van der Waals surface area contributed by atoms with Gasteiger partial charge in [0.25, 0.3) is 11.8 Å². The van der Waals surface area contributed by atoms with E-state index in [2.05, 4.69) is 17.4 Å². The summed E-state index contributed by atoms with van der Waals surface area (Å²) >= 11 is 0. The highest BCUT2D eigenvalue weighted by atomic mass is 32.2. The standard InChI is InChI=1S/C26H24N2O3S/c1-2-28-22-16-18(25(29)27-21-12-7-9-17-8-3-4-10-19(17)21)14-15-24(22)32(31)23-13-6-5-11-20(23)26(28)30/h3-6,8,10-11,13-16,21H,2,7,9,12H2,1H3,(H,27,29)/t21-,32+/m1/s1. The van der Waals surface area contributed by atoms with Gasteiger partial charge in [0, 0.05) is 12.1 Å². The molecule has 1 N–H and O–H groups in total. The van der Waals surface area contributed by atoms with Gasteiger partial charge in [-0.1, -0.05) is 36.4 Å². The molecule has 2 aliphatic rings. The predicted molar refractivity (Wildman–Crippen MR) is 124 cm³/mol. The van der Waals surface area contributed by atoms with Crippen LogP contribution in [-0.4, -0.2) is 22.6 Å². The van der Waals surface area contributed by atoms with Crippen molar-refractivity contribution in [3.05, 3.63) is 89.0 Å². The number of nitrogens with one attached hydrogen (secondary N) is 1. The summed E-state index contributed by atoms with van der Waals surface area (Å²) in [5.74, 6) is -0.389. The number of hydrogen-bond donors (Lipinski definition) is 1. The summed E-state index contributed by atoms with van der Waals surface area (Å²) in [6.45, 7) is 2.29. The molecule has 6 heteroatoms. The molecule has 0 saturated heterocycles. The van der Waals surface area contributed by atoms with Crippen LogP contribution in [0, 0.1) is 0 Å². The van der Waals surface area contributed by atoms with Gasteiger partial charge in [-0.05, 0) is 67.6 Å². The molecule has 0 fully saturated rings. The Balaban J connectivity index is 1.50. The van der Waals surface area contributed by atoms with Gasteiger partial charge in [0.1, 0.15) is 0 Å². The van der Waals surface area contributed by atoms with E-state index in [9.17, 15) is 13.8 Å². The second kappa shape index (κ2) is 8.36. The van der Waals surface area contributed by atoms with E-state index in [0.717, 1.165) is 19.3 Å². The molecule has 0 unspecified atom stereocenters. The van der Waals surface area contributed by atoms with Crippen LogP contribution in [-0.2, 0) is 17.2 Å². The molecule has 32 heavy (non-hydrogen) atoms. The molecule has 0 spiro atoms. The quantitative estimate of drug-likeness (QED) is 0.640. The van der Waals surface area contributed by atoms with Crippen LogP contribution >= 0.6 is 0 Å². The number of fused-ring (bicyclic) bond motifs is 3. The maximum Gasteiger partial charge on any atom is 0.259 e. The average molecular weight is 445 g/mol. The molecule has 2 atom stereocenters. The van der Waals surface area contributed by atoms with Crippen molar-refractivity contribution in [2.75, 3.05) is 11.4 Å². The van der Waals surface area contributed by atoms with Gasteiger partial charge in [-0.2, -0.15) is 0 Å². The minimum Gasteiger partial charge on any atom is -0.345 e. The van der Waals surface area contributed by atoms with Crippen molar-refractivity contribution >= 4 is 28.3 Å². The molecule has 3 aromatic carbocycles. The maximum absolute atomic E-state index is 13.3. The van der Waals surface area contributed by atoms with Crippen LogP contribution in [0.15, 0.2) is 76.5 Å². The maximum atomic E-state index is 13.3. The fourth-order valence-electron chi connectivity index (χ4n) is 4.66. The van der Waals surface area contributed by atoms with Crippen LogP contribution in [0.4, 0.5) is 5.69 Å². The number of carbonyl (C=O) groups is 2. The largest absolute Gasteiger partial charge is 0.345 e. The number of amides is 2. The van der Waals surface area contributed by atoms with Gasteiger partial charge in [-0.25, -0.2) is 4.21 Å². The molecule has 1 aliphatic heterocycles. The highest BCUT2D eigenvalue weighted by Crippen LogP contribution is 2.35. The number of rotatable bonds is 3. The van der Waals surface area contributed by atoms with Crippen molar-refractivity contribution < 1.29 is 13.8 Å². The van der Waals surface area contributed by atoms with Crippen molar-refractivity contribution in [2.24, 2.45) is 0 Å². The Morgan fingerprint density at radius 3 is 2.69 bits per heavy atom. The van der Waals surface area contributed by atoms with Crippen molar-refractivity contribution in [1.82, 2.24) is 5.32 Å². The molecule has 5 rings (SSSR count). The molecule has 0 radical (unpaired) electrons. The summed E-state index contributed by atoms with van der Waals surface area (Å²) in [4.78, 5) is 29.0. The van der Waals surface area contributed by atoms with Gasteiger partial charge in [0.15, 0.2) is 0 Å². The fourth-order valence-corrected chi connectivity index (χ4v) is 6.01. The van der Waals surface area contributed by atoms with Gasteiger partial charge in [0.05, 0.1) is 37.9 Å². The van der Waals surface area contributed by atoms with Crippen LogP contribution in [0.25, 0.3) is 0 Å². The van der Waals surface area contributed by atoms with Crippen LogP contribution < -0.4 is 10.2 Å². The van der Waals surface area contributed by atoms with Crippen LogP contribution in [0.5, 0.6) is 0 Å². The lowest BCUT2D eigenvalue weighted by Gasteiger charge is -2.27. The first kappa shape index (κ1) is 20.6. The summed E-state index contributed by atoms with van der Waals surface area (Å²) < 4.78 is 13.3. The number of anilines is 1. The monoisotopic (exact) mass is 444 g/mol. The van der Waals surface area contributed by atoms with Gasteiger partial charge in [-0.15, -0.1) is 0 Å². The zero-order chi connectivity index (χ0) is 22.2. The predicted octanol–water partition coefficient (Wildman–Crippen LogP) is 4.64. The van der Waals surface area contributed by atoms with E-state index < -0.39 is 10.8 Å². The van der Waals surface area contributed by atoms with Crippen molar-refractivity contribution in [3.8, 4) is 0 Å². The summed E-state index contributed by atoms with van der Waals surface area (Å²) in [5, 5.41) is 3.17. The van der Waals surface area contributed by atoms with E-state index in [1.165, 1.54) is 11.1 Å². The molecular formula is C26H24N2O3S. The van der Waals surface area contributed by atoms with E-state index >= 15 is 0 Å². The van der Waals surface area contributed by atoms with Crippen LogP contribution in [0.3, 0.4) is 0 Å². The lowest BCUT2D eigenvalue weighted by molar-refractivity contribution is 0.0930. The fraction of sp³-hybridized carbons (Fsp3) is 0.231. The van der Waals surface area contributed by atoms with E-state index in [4.69, 9.17) is 0 Å². The Kier molecular flexibility index (Phi) is 5.39. The second-order valence-corrected chi connectivity index (χ2v) is 9.53. The lowest BCUT2D eigenvalue weighted by atomic mass is 9.87. The topological polar surface area (TPSA) is 66.5 Å². The molecule has 0 aromatic heterocycles. The summed E-state index contributed by atoms with van der Waals surface area (Å²) in [7, 11) is -1.50. The SMILES string of the molecule is CCN1C(=O)c2ccccc2[S@](=O)c2ccc(C(=O)N[C@@H]3CCCc4ccccc43)cc21. The highest BCUT2D eigenvalue weighted by Gasteiger charge is 2.31. The van der Waals surface area contributed by atoms with E-state index in [1.54, 1.807) is 47.4 Å². The molecule has 162 valence electrons. The van der Waals surface area contributed by atoms with Gasteiger partial charge >= 0.3 is 0 Å². The molecule has 1 aliphatic carbocycles. The van der Waals surface area contributed by atoms with E-state index in [0.29, 0.717) is 33.2 Å². The second-order valence-electron chi connectivity index (χ2n) is 8.11. The zero-order valence-electron chi connectivity index (χ0n) is 17.8. The summed E-state index contributed by atoms with van der Waals surface area (Å²) in [6.07, 6.45) is 2.95.